The fourth-order valence-corrected chi connectivity index (χ4v) is 3.41. The number of carboxylic acid groups (broad SMARTS) is 1. The van der Waals surface area contributed by atoms with Crippen molar-refractivity contribution < 1.29 is 14.7 Å². The molecule has 0 aliphatic rings. The van der Waals surface area contributed by atoms with Gasteiger partial charge in [0, 0.05) is 19.4 Å². The highest BCUT2D eigenvalue weighted by Crippen LogP contribution is 2.22. The summed E-state index contributed by atoms with van der Waals surface area (Å²) in [5.41, 5.74) is 1.37. The molecule has 7 nitrogen and oxygen atoms in total. The Kier molecular flexibility index (Phi) is 5.17. The number of rotatable bonds is 5. The van der Waals surface area contributed by atoms with Gasteiger partial charge in [0.15, 0.2) is 0 Å². The number of fused-ring (bicyclic) bond motifs is 1. The molecule has 0 spiro atoms. The third-order valence-electron chi connectivity index (χ3n) is 4.92. The Balaban J connectivity index is 1.58. The Hall–Kier alpha value is -4.13. The SMILES string of the molecule is CN(C(=O)Nc1ccccc1C(=O)O)c1nccn1Cc1cccc2ccccc12. The minimum absolute atomic E-state index is 0.0262. The molecule has 2 N–H and O–H groups in total. The molecule has 0 aliphatic heterocycles. The van der Waals surface area contributed by atoms with Gasteiger partial charge in [0.2, 0.25) is 5.95 Å². The number of imidazole rings is 1. The van der Waals surface area contributed by atoms with Gasteiger partial charge in [0.25, 0.3) is 0 Å². The lowest BCUT2D eigenvalue weighted by molar-refractivity contribution is 0.0698. The molecule has 4 rings (SSSR count). The molecule has 3 aromatic carbocycles. The van der Waals surface area contributed by atoms with Crippen LogP contribution in [0, 0.1) is 0 Å². The molecule has 0 aliphatic carbocycles. The molecule has 0 fully saturated rings. The first-order chi connectivity index (χ1) is 14.5. The fourth-order valence-electron chi connectivity index (χ4n) is 3.41. The van der Waals surface area contributed by atoms with Crippen molar-refractivity contribution >= 4 is 34.4 Å². The number of para-hydroxylation sites is 1. The van der Waals surface area contributed by atoms with Gasteiger partial charge in [-0.1, -0.05) is 54.6 Å². The zero-order chi connectivity index (χ0) is 21.1. The van der Waals surface area contributed by atoms with Gasteiger partial charge >= 0.3 is 12.0 Å². The van der Waals surface area contributed by atoms with Gasteiger partial charge in [-0.2, -0.15) is 0 Å². The lowest BCUT2D eigenvalue weighted by atomic mass is 10.0. The van der Waals surface area contributed by atoms with Crippen LogP contribution in [-0.2, 0) is 6.54 Å². The lowest BCUT2D eigenvalue weighted by Crippen LogP contribution is -2.33. The molecule has 1 aromatic heterocycles. The van der Waals surface area contributed by atoms with Crippen molar-refractivity contribution in [1.29, 1.82) is 0 Å². The van der Waals surface area contributed by atoms with Crippen molar-refractivity contribution in [2.24, 2.45) is 0 Å². The maximum absolute atomic E-state index is 12.8. The molecule has 2 amide bonds. The number of benzene rings is 3. The van der Waals surface area contributed by atoms with E-state index in [4.69, 9.17) is 0 Å². The number of hydrogen-bond donors (Lipinski definition) is 2. The first kappa shape index (κ1) is 19.2. The van der Waals surface area contributed by atoms with Crippen molar-refractivity contribution in [2.45, 2.75) is 6.54 Å². The van der Waals surface area contributed by atoms with E-state index < -0.39 is 12.0 Å². The first-order valence-electron chi connectivity index (χ1n) is 9.39. The predicted molar refractivity (Wildman–Crippen MR) is 116 cm³/mol. The standard InChI is InChI=1S/C23H20N4O3/c1-26(23(30)25-20-12-5-4-11-19(20)21(28)29)22-24-13-14-27(22)15-17-9-6-8-16-7-2-3-10-18(16)17/h2-14H,15H2,1H3,(H,25,30)(H,28,29). The molecular weight excluding hydrogens is 380 g/mol. The Bertz CT molecular complexity index is 1230. The number of carbonyl (C=O) groups excluding carboxylic acids is 1. The van der Waals surface area contributed by atoms with Crippen molar-refractivity contribution in [3.05, 3.63) is 90.3 Å². The number of carboxylic acids is 1. The van der Waals surface area contributed by atoms with Crippen LogP contribution in [0.3, 0.4) is 0 Å². The summed E-state index contributed by atoms with van der Waals surface area (Å²) in [6.45, 7) is 0.542. The van der Waals surface area contributed by atoms with E-state index in [-0.39, 0.29) is 11.3 Å². The van der Waals surface area contributed by atoms with E-state index in [1.54, 1.807) is 31.4 Å². The van der Waals surface area contributed by atoms with E-state index in [1.807, 2.05) is 29.0 Å². The predicted octanol–water partition coefficient (Wildman–Crippen LogP) is 4.45. The van der Waals surface area contributed by atoms with Gasteiger partial charge in [-0.05, 0) is 28.5 Å². The van der Waals surface area contributed by atoms with Gasteiger partial charge in [0.05, 0.1) is 17.8 Å². The molecule has 150 valence electrons. The van der Waals surface area contributed by atoms with Gasteiger partial charge < -0.3 is 15.0 Å². The van der Waals surface area contributed by atoms with Gasteiger partial charge in [-0.3, -0.25) is 4.90 Å². The van der Waals surface area contributed by atoms with E-state index in [1.165, 1.54) is 11.0 Å². The van der Waals surface area contributed by atoms with Crippen LogP contribution < -0.4 is 10.2 Å². The van der Waals surface area contributed by atoms with E-state index in [9.17, 15) is 14.7 Å². The summed E-state index contributed by atoms with van der Waals surface area (Å²) >= 11 is 0. The largest absolute Gasteiger partial charge is 0.478 e. The van der Waals surface area contributed by atoms with Crippen LogP contribution in [0.15, 0.2) is 79.1 Å². The monoisotopic (exact) mass is 400 g/mol. The summed E-state index contributed by atoms with van der Waals surface area (Å²) in [6, 6.07) is 20.1. The highest BCUT2D eigenvalue weighted by Gasteiger charge is 2.19. The summed E-state index contributed by atoms with van der Waals surface area (Å²) < 4.78 is 1.88. The quantitative estimate of drug-likeness (QED) is 0.518. The summed E-state index contributed by atoms with van der Waals surface area (Å²) in [4.78, 5) is 29.8. The fraction of sp³-hybridized carbons (Fsp3) is 0.0870. The Labute approximate surface area is 173 Å². The number of nitrogens with zero attached hydrogens (tertiary/aromatic N) is 3. The van der Waals surface area contributed by atoms with Crippen LogP contribution in [0.5, 0.6) is 0 Å². The van der Waals surface area contributed by atoms with Crippen molar-refractivity contribution in [1.82, 2.24) is 9.55 Å². The molecular formula is C23H20N4O3. The van der Waals surface area contributed by atoms with E-state index >= 15 is 0 Å². The maximum atomic E-state index is 12.8. The Morgan fingerprint density at radius 3 is 2.60 bits per heavy atom. The molecule has 30 heavy (non-hydrogen) atoms. The number of carbonyl (C=O) groups is 2. The molecule has 0 bridgehead atoms. The zero-order valence-electron chi connectivity index (χ0n) is 16.3. The smallest absolute Gasteiger partial charge is 0.337 e. The summed E-state index contributed by atoms with van der Waals surface area (Å²) in [6.07, 6.45) is 3.45. The second-order valence-electron chi connectivity index (χ2n) is 6.83. The Morgan fingerprint density at radius 1 is 1.03 bits per heavy atom. The summed E-state index contributed by atoms with van der Waals surface area (Å²) in [5, 5.41) is 14.3. The van der Waals surface area contributed by atoms with Gasteiger partial charge in [-0.15, -0.1) is 0 Å². The minimum atomic E-state index is -1.11. The van der Waals surface area contributed by atoms with Gasteiger partial charge in [0.1, 0.15) is 0 Å². The number of hydrogen-bond acceptors (Lipinski definition) is 3. The molecule has 0 saturated heterocycles. The van der Waals surface area contributed by atoms with Gasteiger partial charge in [-0.25, -0.2) is 14.6 Å². The zero-order valence-corrected chi connectivity index (χ0v) is 16.3. The van der Waals surface area contributed by atoms with Crippen LogP contribution in [0.25, 0.3) is 10.8 Å². The molecule has 0 atom stereocenters. The van der Waals surface area contributed by atoms with Crippen LogP contribution in [-0.4, -0.2) is 33.7 Å². The average molecular weight is 400 g/mol. The number of aromatic nitrogens is 2. The van der Waals surface area contributed by atoms with Crippen LogP contribution in [0.2, 0.25) is 0 Å². The molecule has 1 heterocycles. The summed E-state index contributed by atoms with van der Waals surface area (Å²) in [5.74, 6) is -0.653. The van der Waals surface area contributed by atoms with Crippen molar-refractivity contribution in [3.8, 4) is 0 Å². The average Bonchev–Trinajstić information content (AvgIpc) is 3.21. The molecule has 0 unspecified atom stereocenters. The molecule has 7 heteroatoms. The van der Waals surface area contributed by atoms with Crippen molar-refractivity contribution in [2.75, 3.05) is 17.3 Å². The van der Waals surface area contributed by atoms with Crippen LogP contribution >= 0.6 is 0 Å². The molecule has 0 radical (unpaired) electrons. The molecule has 4 aromatic rings. The van der Waals surface area contributed by atoms with E-state index in [2.05, 4.69) is 34.6 Å². The summed E-state index contributed by atoms with van der Waals surface area (Å²) in [7, 11) is 1.60. The first-order valence-corrected chi connectivity index (χ1v) is 9.39. The van der Waals surface area contributed by atoms with E-state index in [0.29, 0.717) is 12.5 Å². The second-order valence-corrected chi connectivity index (χ2v) is 6.83. The third kappa shape index (κ3) is 3.73. The number of amides is 2. The third-order valence-corrected chi connectivity index (χ3v) is 4.92. The molecule has 0 saturated carbocycles. The normalized spacial score (nSPS) is 10.7. The number of nitrogens with one attached hydrogen (secondary N) is 1. The minimum Gasteiger partial charge on any atom is -0.478 e. The lowest BCUT2D eigenvalue weighted by Gasteiger charge is -2.19. The topological polar surface area (TPSA) is 87.5 Å². The number of anilines is 2. The number of urea groups is 1. The second kappa shape index (κ2) is 8.08. The van der Waals surface area contributed by atoms with Crippen LogP contribution in [0.1, 0.15) is 15.9 Å². The maximum Gasteiger partial charge on any atom is 0.337 e. The highest BCUT2D eigenvalue weighted by atomic mass is 16.4. The Morgan fingerprint density at radius 2 is 1.77 bits per heavy atom. The van der Waals surface area contributed by atoms with Crippen LogP contribution in [0.4, 0.5) is 16.4 Å². The van der Waals surface area contributed by atoms with E-state index in [0.717, 1.165) is 16.3 Å². The van der Waals surface area contributed by atoms with Crippen molar-refractivity contribution in [3.63, 3.8) is 0 Å². The highest BCUT2D eigenvalue weighted by molar-refractivity contribution is 6.05. The number of aromatic carboxylic acids is 1.